The Labute approximate surface area is 98.1 Å². The van der Waals surface area contributed by atoms with Crippen LogP contribution >= 0.6 is 11.3 Å². The van der Waals surface area contributed by atoms with Gasteiger partial charge in [-0.25, -0.2) is 10.8 Å². The number of nitrogens with zero attached hydrogens (tertiary/aromatic N) is 1. The fourth-order valence-corrected chi connectivity index (χ4v) is 2.45. The lowest BCUT2D eigenvalue weighted by Gasteiger charge is -2.06. The van der Waals surface area contributed by atoms with Crippen molar-refractivity contribution in [1.82, 2.24) is 4.98 Å². The van der Waals surface area contributed by atoms with Crippen LogP contribution in [-0.2, 0) is 0 Å². The number of anilines is 1. The second kappa shape index (κ2) is 4.51. The maximum absolute atomic E-state index is 5.35. The van der Waals surface area contributed by atoms with Crippen molar-refractivity contribution >= 4 is 16.5 Å². The zero-order chi connectivity index (χ0) is 11.5. The van der Waals surface area contributed by atoms with E-state index in [4.69, 9.17) is 10.6 Å². The molecule has 0 atom stereocenters. The molecule has 5 heteroatoms. The largest absolute Gasteiger partial charge is 0.496 e. The molecular weight excluding hydrogens is 222 g/mol. The first-order chi connectivity index (χ1) is 7.76. The Hall–Kier alpha value is -1.59. The molecule has 0 aliphatic heterocycles. The van der Waals surface area contributed by atoms with E-state index in [-0.39, 0.29) is 0 Å². The monoisotopic (exact) mass is 235 g/mol. The van der Waals surface area contributed by atoms with E-state index < -0.39 is 0 Å². The molecule has 4 nitrogen and oxygen atoms in total. The SMILES string of the molecule is COc1ccccc1-c1sc(NN)nc1C. The van der Waals surface area contributed by atoms with Gasteiger partial charge in [-0.05, 0) is 19.1 Å². The Morgan fingerprint density at radius 1 is 1.38 bits per heavy atom. The molecule has 0 fully saturated rings. The molecule has 3 N–H and O–H groups in total. The van der Waals surface area contributed by atoms with Gasteiger partial charge in [0.05, 0.1) is 17.7 Å². The number of benzene rings is 1. The summed E-state index contributed by atoms with van der Waals surface area (Å²) in [6.45, 7) is 1.96. The molecule has 1 heterocycles. The first-order valence-corrected chi connectivity index (χ1v) is 5.65. The van der Waals surface area contributed by atoms with Gasteiger partial charge in [-0.15, -0.1) is 0 Å². The van der Waals surface area contributed by atoms with Crippen LogP contribution in [-0.4, -0.2) is 12.1 Å². The van der Waals surface area contributed by atoms with Crippen LogP contribution in [0.1, 0.15) is 5.69 Å². The number of para-hydroxylation sites is 1. The fourth-order valence-electron chi connectivity index (χ4n) is 1.54. The minimum atomic E-state index is 0.707. The summed E-state index contributed by atoms with van der Waals surface area (Å²) >= 11 is 1.51. The van der Waals surface area contributed by atoms with Crippen LogP contribution in [0.25, 0.3) is 10.4 Å². The third-order valence-electron chi connectivity index (χ3n) is 2.27. The molecular formula is C11H13N3OS. The van der Waals surface area contributed by atoms with Crippen molar-refractivity contribution in [3.63, 3.8) is 0 Å². The van der Waals surface area contributed by atoms with Crippen molar-refractivity contribution in [2.24, 2.45) is 5.84 Å². The molecule has 0 saturated carbocycles. The molecule has 0 saturated heterocycles. The number of aromatic nitrogens is 1. The van der Waals surface area contributed by atoms with E-state index in [1.807, 2.05) is 31.2 Å². The molecule has 0 radical (unpaired) electrons. The van der Waals surface area contributed by atoms with E-state index in [1.165, 1.54) is 11.3 Å². The number of hydrogen-bond acceptors (Lipinski definition) is 5. The summed E-state index contributed by atoms with van der Waals surface area (Å²) in [6, 6.07) is 7.87. The maximum Gasteiger partial charge on any atom is 0.197 e. The van der Waals surface area contributed by atoms with Crippen LogP contribution in [0, 0.1) is 6.92 Å². The summed E-state index contributed by atoms with van der Waals surface area (Å²) in [5.41, 5.74) is 4.55. The summed E-state index contributed by atoms with van der Waals surface area (Å²) in [6.07, 6.45) is 0. The lowest BCUT2D eigenvalue weighted by Crippen LogP contribution is -2.05. The lowest BCUT2D eigenvalue weighted by molar-refractivity contribution is 0.416. The second-order valence-corrected chi connectivity index (χ2v) is 4.28. The lowest BCUT2D eigenvalue weighted by atomic mass is 10.1. The van der Waals surface area contributed by atoms with E-state index in [9.17, 15) is 0 Å². The topological polar surface area (TPSA) is 60.2 Å². The maximum atomic E-state index is 5.35. The van der Waals surface area contributed by atoms with Gasteiger partial charge in [-0.3, -0.25) is 5.43 Å². The first-order valence-electron chi connectivity index (χ1n) is 4.83. The summed E-state index contributed by atoms with van der Waals surface area (Å²) < 4.78 is 5.32. The molecule has 0 amide bonds. The number of nitrogens with two attached hydrogens (primary N) is 1. The minimum absolute atomic E-state index is 0.707. The molecule has 0 aliphatic rings. The molecule has 1 aromatic heterocycles. The van der Waals surface area contributed by atoms with Crippen LogP contribution in [0.5, 0.6) is 5.75 Å². The summed E-state index contributed by atoms with van der Waals surface area (Å²) in [4.78, 5) is 5.38. The average molecular weight is 235 g/mol. The van der Waals surface area contributed by atoms with E-state index in [0.717, 1.165) is 21.9 Å². The summed E-state index contributed by atoms with van der Waals surface area (Å²) in [7, 11) is 1.66. The van der Waals surface area contributed by atoms with Gasteiger partial charge in [0.25, 0.3) is 0 Å². The van der Waals surface area contributed by atoms with Crippen molar-refractivity contribution in [2.45, 2.75) is 6.92 Å². The second-order valence-electron chi connectivity index (χ2n) is 3.28. The molecule has 2 rings (SSSR count). The Bertz CT molecular complexity index is 496. The molecule has 0 unspecified atom stereocenters. The van der Waals surface area contributed by atoms with E-state index in [0.29, 0.717) is 5.13 Å². The number of hydrazine groups is 1. The smallest absolute Gasteiger partial charge is 0.197 e. The number of hydrogen-bond donors (Lipinski definition) is 2. The number of aryl methyl sites for hydroxylation is 1. The Morgan fingerprint density at radius 2 is 2.12 bits per heavy atom. The van der Waals surface area contributed by atoms with Crippen molar-refractivity contribution in [3.05, 3.63) is 30.0 Å². The number of thiazole rings is 1. The predicted octanol–water partition coefficient (Wildman–Crippen LogP) is 2.41. The highest BCUT2D eigenvalue weighted by molar-refractivity contribution is 7.19. The van der Waals surface area contributed by atoms with Gasteiger partial charge in [-0.2, -0.15) is 0 Å². The Morgan fingerprint density at radius 3 is 2.75 bits per heavy atom. The molecule has 1 aromatic carbocycles. The molecule has 2 aromatic rings. The average Bonchev–Trinajstić information content (AvgIpc) is 2.70. The molecule has 0 aliphatic carbocycles. The predicted molar refractivity (Wildman–Crippen MR) is 66.6 cm³/mol. The van der Waals surface area contributed by atoms with E-state index in [1.54, 1.807) is 7.11 Å². The number of ether oxygens (including phenoxy) is 1. The third kappa shape index (κ3) is 1.87. The number of nitrogens with one attached hydrogen (secondary N) is 1. The van der Waals surface area contributed by atoms with Crippen molar-refractivity contribution in [3.8, 4) is 16.2 Å². The molecule has 16 heavy (non-hydrogen) atoms. The standard InChI is InChI=1S/C11H13N3OS/c1-7-10(16-11(13-7)14-12)8-5-3-4-6-9(8)15-2/h3-6H,12H2,1-2H3,(H,13,14). The quantitative estimate of drug-likeness (QED) is 0.633. The van der Waals surface area contributed by atoms with Crippen LogP contribution in [0.15, 0.2) is 24.3 Å². The number of nitrogen functional groups attached to an aromatic ring is 1. The third-order valence-corrected chi connectivity index (χ3v) is 3.39. The highest BCUT2D eigenvalue weighted by Gasteiger charge is 2.12. The highest BCUT2D eigenvalue weighted by atomic mass is 32.1. The Kier molecular flexibility index (Phi) is 3.07. The molecule has 84 valence electrons. The van der Waals surface area contributed by atoms with Crippen LogP contribution in [0.2, 0.25) is 0 Å². The number of rotatable bonds is 3. The van der Waals surface area contributed by atoms with Gasteiger partial charge >= 0.3 is 0 Å². The zero-order valence-corrected chi connectivity index (χ0v) is 9.97. The molecule has 0 spiro atoms. The van der Waals surface area contributed by atoms with Gasteiger partial charge in [0.1, 0.15) is 5.75 Å². The van der Waals surface area contributed by atoms with Crippen LogP contribution in [0.3, 0.4) is 0 Å². The van der Waals surface area contributed by atoms with E-state index in [2.05, 4.69) is 10.4 Å². The summed E-state index contributed by atoms with van der Waals surface area (Å²) in [5, 5.41) is 0.707. The van der Waals surface area contributed by atoms with Crippen molar-refractivity contribution in [2.75, 3.05) is 12.5 Å². The van der Waals surface area contributed by atoms with Crippen molar-refractivity contribution < 1.29 is 4.74 Å². The van der Waals surface area contributed by atoms with Crippen LogP contribution < -0.4 is 16.0 Å². The van der Waals surface area contributed by atoms with E-state index >= 15 is 0 Å². The van der Waals surface area contributed by atoms with Gasteiger partial charge in [0.2, 0.25) is 0 Å². The van der Waals surface area contributed by atoms with Gasteiger partial charge in [-0.1, -0.05) is 23.5 Å². The number of methoxy groups -OCH3 is 1. The van der Waals surface area contributed by atoms with Gasteiger partial charge < -0.3 is 4.74 Å². The minimum Gasteiger partial charge on any atom is -0.496 e. The molecule has 0 bridgehead atoms. The first kappa shape index (κ1) is 10.9. The normalized spacial score (nSPS) is 10.2. The highest BCUT2D eigenvalue weighted by Crippen LogP contribution is 2.37. The summed E-state index contributed by atoms with van der Waals surface area (Å²) in [5.74, 6) is 6.19. The van der Waals surface area contributed by atoms with Gasteiger partial charge in [0.15, 0.2) is 5.13 Å². The zero-order valence-electron chi connectivity index (χ0n) is 9.15. The Balaban J connectivity index is 2.53. The van der Waals surface area contributed by atoms with Crippen molar-refractivity contribution in [1.29, 1.82) is 0 Å². The van der Waals surface area contributed by atoms with Gasteiger partial charge in [0, 0.05) is 5.56 Å². The van der Waals surface area contributed by atoms with Crippen LogP contribution in [0.4, 0.5) is 5.13 Å². The fraction of sp³-hybridized carbons (Fsp3) is 0.182.